The number of hydrogen-bond acceptors (Lipinski definition) is 8. The highest BCUT2D eigenvalue weighted by atomic mass is 35.5. The second-order valence-electron chi connectivity index (χ2n) is 8.68. The monoisotopic (exact) mass is 581 g/mol. The van der Waals surface area contributed by atoms with Crippen LogP contribution in [0.5, 0.6) is 11.5 Å². The Morgan fingerprint density at radius 3 is 2.38 bits per heavy atom. The molecule has 0 aromatic heterocycles. The Morgan fingerprint density at radius 2 is 1.80 bits per heavy atom. The molecule has 0 bridgehead atoms. The maximum Gasteiger partial charge on any atom is 0.328 e. The number of anilines is 1. The van der Waals surface area contributed by atoms with Gasteiger partial charge in [0.25, 0.3) is 5.91 Å². The van der Waals surface area contributed by atoms with Gasteiger partial charge in [-0.1, -0.05) is 11.6 Å². The number of carbonyl (C=O) groups excluding carboxylic acids is 1. The van der Waals surface area contributed by atoms with Crippen LogP contribution in [0.4, 0.5) is 10.1 Å². The lowest BCUT2D eigenvalue weighted by Gasteiger charge is -2.38. The molecule has 1 fully saturated rings. The Morgan fingerprint density at radius 1 is 1.15 bits per heavy atom. The third-order valence-electron chi connectivity index (χ3n) is 5.90. The normalized spacial score (nSPS) is 17.0. The first-order valence-electron chi connectivity index (χ1n) is 12.2. The molecule has 40 heavy (non-hydrogen) atoms. The molecule has 5 N–H and O–H groups in total. The van der Waals surface area contributed by atoms with E-state index in [1.165, 1.54) is 25.3 Å². The number of ether oxygens (including phenoxy) is 3. The number of nitrogens with zero attached hydrogens (tertiary/aromatic N) is 1. The van der Waals surface area contributed by atoms with Crippen molar-refractivity contribution in [2.45, 2.75) is 25.0 Å². The second-order valence-corrected chi connectivity index (χ2v) is 9.09. The highest BCUT2D eigenvalue weighted by Crippen LogP contribution is 2.29. The molecule has 1 aliphatic rings. The molecule has 13 heteroatoms. The highest BCUT2D eigenvalue weighted by Gasteiger charge is 2.31. The van der Waals surface area contributed by atoms with E-state index in [1.54, 1.807) is 25.3 Å². The summed E-state index contributed by atoms with van der Waals surface area (Å²) in [4.78, 5) is 34.3. The van der Waals surface area contributed by atoms with Crippen molar-refractivity contribution in [1.29, 1.82) is 0 Å². The van der Waals surface area contributed by atoms with E-state index >= 15 is 0 Å². The number of benzene rings is 2. The average Bonchev–Trinajstić information content (AvgIpc) is 2.93. The van der Waals surface area contributed by atoms with E-state index in [2.05, 4.69) is 10.2 Å². The number of hydrogen-bond donors (Lipinski definition) is 4. The minimum Gasteiger partial charge on any atom is -0.496 e. The summed E-state index contributed by atoms with van der Waals surface area (Å²) < 4.78 is 29.5. The van der Waals surface area contributed by atoms with Crippen LogP contribution in [0, 0.1) is 5.82 Å². The third-order valence-corrected chi connectivity index (χ3v) is 6.22. The smallest absolute Gasteiger partial charge is 0.328 e. The van der Waals surface area contributed by atoms with Gasteiger partial charge < -0.3 is 40.4 Å². The quantitative estimate of drug-likeness (QED) is 0.176. The van der Waals surface area contributed by atoms with Gasteiger partial charge in [-0.15, -0.1) is 0 Å². The van der Waals surface area contributed by atoms with E-state index in [9.17, 15) is 18.8 Å². The van der Waals surface area contributed by atoms with Gasteiger partial charge in [0.2, 0.25) is 0 Å². The number of nitrogen functional groups attached to an aromatic ring is 1. The zero-order chi connectivity index (χ0) is 29.7. The number of carbonyl (C=O) groups is 3. The molecule has 0 radical (unpaired) electrons. The fourth-order valence-corrected chi connectivity index (χ4v) is 4.06. The molecule has 2 aromatic carbocycles. The molecule has 1 saturated heterocycles. The van der Waals surface area contributed by atoms with E-state index < -0.39 is 11.9 Å². The van der Waals surface area contributed by atoms with Crippen molar-refractivity contribution in [3.63, 3.8) is 0 Å². The van der Waals surface area contributed by atoms with Crippen molar-refractivity contribution in [1.82, 2.24) is 10.2 Å². The molecule has 3 rings (SSSR count). The molecule has 2 atom stereocenters. The number of methoxy groups -OCH3 is 2. The Bertz CT molecular complexity index is 1160. The van der Waals surface area contributed by atoms with Crippen molar-refractivity contribution in [2.24, 2.45) is 0 Å². The molecule has 1 amide bonds. The van der Waals surface area contributed by atoms with Crippen LogP contribution in [0.15, 0.2) is 48.6 Å². The van der Waals surface area contributed by atoms with Gasteiger partial charge in [-0.05, 0) is 43.2 Å². The van der Waals surface area contributed by atoms with E-state index in [1.807, 2.05) is 0 Å². The first kappa shape index (κ1) is 32.3. The van der Waals surface area contributed by atoms with Gasteiger partial charge in [-0.3, -0.25) is 4.79 Å². The molecule has 1 aliphatic heterocycles. The number of nitrogens with one attached hydrogen (secondary N) is 1. The lowest BCUT2D eigenvalue weighted by molar-refractivity contribution is -0.134. The molecule has 1 heterocycles. The first-order valence-corrected chi connectivity index (χ1v) is 12.6. The summed E-state index contributed by atoms with van der Waals surface area (Å²) in [5.41, 5.74) is 6.49. The fourth-order valence-electron chi connectivity index (χ4n) is 3.90. The minimum atomic E-state index is -1.26. The summed E-state index contributed by atoms with van der Waals surface area (Å²) in [6.45, 7) is 2.89. The number of piperidine rings is 1. The van der Waals surface area contributed by atoms with Gasteiger partial charge in [0.15, 0.2) is 0 Å². The van der Waals surface area contributed by atoms with Crippen molar-refractivity contribution >= 4 is 35.1 Å². The van der Waals surface area contributed by atoms with Gasteiger partial charge >= 0.3 is 11.9 Å². The maximum absolute atomic E-state index is 12.9. The van der Waals surface area contributed by atoms with Gasteiger partial charge in [0, 0.05) is 45.0 Å². The molecular weight excluding hydrogens is 549 g/mol. The van der Waals surface area contributed by atoms with Crippen LogP contribution in [-0.2, 0) is 14.3 Å². The van der Waals surface area contributed by atoms with Crippen molar-refractivity contribution in [3.05, 3.63) is 65.0 Å². The molecular formula is C27H33ClFN3O8. The lowest BCUT2D eigenvalue weighted by atomic mass is 10.0. The van der Waals surface area contributed by atoms with Crippen molar-refractivity contribution in [3.8, 4) is 11.5 Å². The van der Waals surface area contributed by atoms with E-state index in [4.69, 9.17) is 41.8 Å². The molecule has 218 valence electrons. The van der Waals surface area contributed by atoms with Gasteiger partial charge in [-0.2, -0.15) is 0 Å². The third kappa shape index (κ3) is 10.7. The summed E-state index contributed by atoms with van der Waals surface area (Å²) in [6.07, 6.45) is 2.53. The number of nitrogens with two attached hydrogens (primary N) is 1. The van der Waals surface area contributed by atoms with Gasteiger partial charge in [0.05, 0.1) is 42.1 Å². The minimum absolute atomic E-state index is 0.139. The van der Waals surface area contributed by atoms with Crippen molar-refractivity contribution < 1.29 is 43.2 Å². The predicted molar refractivity (Wildman–Crippen MR) is 146 cm³/mol. The number of carboxylic acid groups (broad SMARTS) is 2. The Balaban J connectivity index is 0.000000611. The summed E-state index contributed by atoms with van der Waals surface area (Å²) >= 11 is 6.09. The molecule has 11 nitrogen and oxygen atoms in total. The van der Waals surface area contributed by atoms with Crippen LogP contribution in [0.25, 0.3) is 0 Å². The fraction of sp³-hybridized carbons (Fsp3) is 0.370. The van der Waals surface area contributed by atoms with E-state index in [0.29, 0.717) is 53.1 Å². The van der Waals surface area contributed by atoms with Gasteiger partial charge in [-0.25, -0.2) is 14.0 Å². The summed E-state index contributed by atoms with van der Waals surface area (Å²) in [6, 6.07) is 8.92. The largest absolute Gasteiger partial charge is 0.496 e. The van der Waals surface area contributed by atoms with Gasteiger partial charge in [0.1, 0.15) is 17.3 Å². The van der Waals surface area contributed by atoms with E-state index in [-0.39, 0.29) is 23.9 Å². The lowest BCUT2D eigenvalue weighted by Crippen LogP contribution is -2.55. The number of aliphatic carboxylic acids is 2. The van der Waals surface area contributed by atoms with Crippen LogP contribution >= 0.6 is 11.6 Å². The molecule has 0 aliphatic carbocycles. The summed E-state index contributed by atoms with van der Waals surface area (Å²) in [7, 11) is 3.13. The predicted octanol–water partition coefficient (Wildman–Crippen LogP) is 3.07. The molecule has 2 aromatic rings. The Hall–Kier alpha value is -3.87. The SMILES string of the molecule is COc1cc(N)c(Cl)cc1C(=O)N[C@H]1CCN(CCCOc2ccc(F)cc2)C[C@@H]1OC.O=C(O)C=CC(=O)O. The molecule has 0 saturated carbocycles. The number of halogens is 2. The van der Waals surface area contributed by atoms with E-state index in [0.717, 1.165) is 25.9 Å². The number of carboxylic acids is 2. The van der Waals surface area contributed by atoms with Crippen molar-refractivity contribution in [2.75, 3.05) is 46.2 Å². The topological polar surface area (TPSA) is 161 Å². The van der Waals surface area contributed by atoms with Crippen LogP contribution in [0.2, 0.25) is 5.02 Å². The molecule has 0 unspecified atom stereocenters. The maximum atomic E-state index is 12.9. The molecule has 0 spiro atoms. The summed E-state index contributed by atoms with van der Waals surface area (Å²) in [5, 5.41) is 19.0. The summed E-state index contributed by atoms with van der Waals surface area (Å²) in [5.74, 6) is -2.05. The Kier molecular flexibility index (Phi) is 13.2. The van der Waals surface area contributed by atoms with Crippen LogP contribution in [-0.4, -0.2) is 85.6 Å². The average molecular weight is 582 g/mol. The van der Waals surface area contributed by atoms with Crippen LogP contribution in [0.1, 0.15) is 23.2 Å². The second kappa shape index (κ2) is 16.3. The highest BCUT2D eigenvalue weighted by molar-refractivity contribution is 6.33. The van der Waals surface area contributed by atoms with Crippen LogP contribution < -0.4 is 20.5 Å². The zero-order valence-electron chi connectivity index (χ0n) is 22.1. The van der Waals surface area contributed by atoms with Crippen LogP contribution in [0.3, 0.4) is 0 Å². The number of rotatable bonds is 11. The Labute approximate surface area is 236 Å². The number of likely N-dealkylation sites (tertiary alicyclic amines) is 1. The first-order chi connectivity index (χ1) is 19.0. The number of amides is 1. The zero-order valence-corrected chi connectivity index (χ0v) is 22.9. The standard InChI is InChI=1S/C23H29ClFN3O4.C4H4O4/c1-30-21-13-19(26)18(24)12-17(21)23(29)27-20-8-10-28(14-22(20)31-2)9-3-11-32-16-6-4-15(25)5-7-16;5-3(6)1-2-4(7)8/h4-7,12-13,20,22H,3,8-11,14,26H2,1-2H3,(H,27,29);1-2H,(H,5,6)(H,7,8)/t20-,22-;/m0./s1.